The normalized spacial score (nSPS) is 10.4. The van der Waals surface area contributed by atoms with Crippen molar-refractivity contribution in [3.05, 3.63) is 58.1 Å². The Hall–Kier alpha value is -0.830. The highest BCUT2D eigenvalue weighted by Crippen LogP contribution is 2.21. The van der Waals surface area contributed by atoms with Crippen LogP contribution in [-0.4, -0.2) is 6.26 Å². The molecule has 1 N–H and O–H groups in total. The van der Waals surface area contributed by atoms with Crippen LogP contribution in [0.25, 0.3) is 0 Å². The molecule has 0 saturated carbocycles. The zero-order valence-electron chi connectivity index (χ0n) is 9.91. The standard InChI is InChI=1S/C14H13Cl2NS/c1-18-14-4-2-13(3-5-14)17-9-10-6-11(15)8-12(16)7-10/h2-8,17H,9H2,1H3. The lowest BCUT2D eigenvalue weighted by molar-refractivity contribution is 1.15. The van der Waals surface area contributed by atoms with E-state index in [0.717, 1.165) is 11.3 Å². The molecule has 0 radical (unpaired) electrons. The number of anilines is 1. The molecule has 2 aromatic carbocycles. The molecule has 18 heavy (non-hydrogen) atoms. The van der Waals surface area contributed by atoms with E-state index in [1.807, 2.05) is 12.1 Å². The molecular weight excluding hydrogens is 285 g/mol. The average Bonchev–Trinajstić information content (AvgIpc) is 2.36. The minimum Gasteiger partial charge on any atom is -0.381 e. The van der Waals surface area contributed by atoms with Gasteiger partial charge in [-0.1, -0.05) is 23.2 Å². The van der Waals surface area contributed by atoms with Crippen LogP contribution in [-0.2, 0) is 6.54 Å². The smallest absolute Gasteiger partial charge is 0.0424 e. The largest absolute Gasteiger partial charge is 0.381 e. The van der Waals surface area contributed by atoms with Gasteiger partial charge in [-0.15, -0.1) is 11.8 Å². The quantitative estimate of drug-likeness (QED) is 0.766. The fourth-order valence-electron chi connectivity index (χ4n) is 1.63. The van der Waals surface area contributed by atoms with Gasteiger partial charge in [-0.25, -0.2) is 0 Å². The Balaban J connectivity index is 2.01. The zero-order valence-corrected chi connectivity index (χ0v) is 12.2. The molecule has 1 nitrogen and oxygen atoms in total. The van der Waals surface area contributed by atoms with Crippen molar-refractivity contribution in [2.75, 3.05) is 11.6 Å². The summed E-state index contributed by atoms with van der Waals surface area (Å²) in [6.45, 7) is 0.707. The lowest BCUT2D eigenvalue weighted by atomic mass is 10.2. The molecule has 0 aliphatic carbocycles. The van der Waals surface area contributed by atoms with E-state index in [1.165, 1.54) is 4.90 Å². The van der Waals surface area contributed by atoms with E-state index in [0.29, 0.717) is 16.6 Å². The van der Waals surface area contributed by atoms with Gasteiger partial charge in [0, 0.05) is 27.2 Å². The predicted molar refractivity (Wildman–Crippen MR) is 82.0 cm³/mol. The first-order valence-electron chi connectivity index (χ1n) is 5.50. The van der Waals surface area contributed by atoms with Crippen LogP contribution in [0, 0.1) is 0 Å². The third-order valence-electron chi connectivity index (χ3n) is 2.51. The van der Waals surface area contributed by atoms with Crippen LogP contribution in [0.15, 0.2) is 47.4 Å². The SMILES string of the molecule is CSc1ccc(NCc2cc(Cl)cc(Cl)c2)cc1. The Morgan fingerprint density at radius 2 is 1.61 bits per heavy atom. The van der Waals surface area contributed by atoms with E-state index in [4.69, 9.17) is 23.2 Å². The van der Waals surface area contributed by atoms with Gasteiger partial charge < -0.3 is 5.32 Å². The summed E-state index contributed by atoms with van der Waals surface area (Å²) < 4.78 is 0. The number of nitrogens with one attached hydrogen (secondary N) is 1. The van der Waals surface area contributed by atoms with Crippen molar-refractivity contribution in [2.45, 2.75) is 11.4 Å². The third kappa shape index (κ3) is 3.84. The summed E-state index contributed by atoms with van der Waals surface area (Å²) in [5, 5.41) is 4.67. The zero-order chi connectivity index (χ0) is 13.0. The molecule has 4 heteroatoms. The number of rotatable bonds is 4. The molecule has 0 atom stereocenters. The number of thioether (sulfide) groups is 1. The van der Waals surface area contributed by atoms with Gasteiger partial charge >= 0.3 is 0 Å². The molecule has 0 aliphatic rings. The highest BCUT2D eigenvalue weighted by molar-refractivity contribution is 7.98. The molecule has 0 fully saturated rings. The van der Waals surface area contributed by atoms with Crippen molar-refractivity contribution < 1.29 is 0 Å². The van der Waals surface area contributed by atoms with Crippen molar-refractivity contribution >= 4 is 40.7 Å². The first kappa shape index (κ1) is 13.6. The fourth-order valence-corrected chi connectivity index (χ4v) is 2.61. The monoisotopic (exact) mass is 297 g/mol. The van der Waals surface area contributed by atoms with Gasteiger partial charge in [0.05, 0.1) is 0 Å². The Kier molecular flexibility index (Phi) is 4.81. The summed E-state index contributed by atoms with van der Waals surface area (Å²) in [6, 6.07) is 13.9. The highest BCUT2D eigenvalue weighted by Gasteiger charge is 1.99. The van der Waals surface area contributed by atoms with E-state index in [9.17, 15) is 0 Å². The number of hydrogen-bond acceptors (Lipinski definition) is 2. The summed E-state index contributed by atoms with van der Waals surface area (Å²) in [5.74, 6) is 0. The minimum absolute atomic E-state index is 0.664. The van der Waals surface area contributed by atoms with Gasteiger partial charge in [0.15, 0.2) is 0 Å². The predicted octanol–water partition coefficient (Wildman–Crippen LogP) is 5.33. The van der Waals surface area contributed by atoms with Gasteiger partial charge in [-0.2, -0.15) is 0 Å². The Morgan fingerprint density at radius 3 is 2.17 bits per heavy atom. The van der Waals surface area contributed by atoms with Crippen molar-refractivity contribution in [1.29, 1.82) is 0 Å². The van der Waals surface area contributed by atoms with Crippen LogP contribution < -0.4 is 5.32 Å². The maximum atomic E-state index is 5.96. The van der Waals surface area contributed by atoms with E-state index in [2.05, 4.69) is 35.8 Å². The molecule has 0 saturated heterocycles. The van der Waals surface area contributed by atoms with E-state index >= 15 is 0 Å². The second-order valence-electron chi connectivity index (χ2n) is 3.86. The number of halogens is 2. The highest BCUT2D eigenvalue weighted by atomic mass is 35.5. The van der Waals surface area contributed by atoms with Gasteiger partial charge in [0.2, 0.25) is 0 Å². The van der Waals surface area contributed by atoms with Crippen molar-refractivity contribution in [3.8, 4) is 0 Å². The topological polar surface area (TPSA) is 12.0 Å². The maximum absolute atomic E-state index is 5.96. The van der Waals surface area contributed by atoms with Gasteiger partial charge in [-0.05, 0) is 54.3 Å². The van der Waals surface area contributed by atoms with Gasteiger partial charge in [-0.3, -0.25) is 0 Å². The molecule has 0 amide bonds. The maximum Gasteiger partial charge on any atom is 0.0424 e. The molecule has 0 aromatic heterocycles. The molecule has 0 spiro atoms. The number of benzene rings is 2. The van der Waals surface area contributed by atoms with Crippen molar-refractivity contribution in [2.24, 2.45) is 0 Å². The van der Waals surface area contributed by atoms with Crippen molar-refractivity contribution in [1.82, 2.24) is 0 Å². The Morgan fingerprint density at radius 1 is 1.00 bits per heavy atom. The minimum atomic E-state index is 0.664. The van der Waals surface area contributed by atoms with Gasteiger partial charge in [0.25, 0.3) is 0 Å². The second kappa shape index (κ2) is 6.37. The molecule has 2 aromatic rings. The summed E-state index contributed by atoms with van der Waals surface area (Å²) in [6.07, 6.45) is 2.07. The number of hydrogen-bond donors (Lipinski definition) is 1. The van der Waals surface area contributed by atoms with E-state index in [-0.39, 0.29) is 0 Å². The van der Waals surface area contributed by atoms with Crippen LogP contribution in [0.3, 0.4) is 0 Å². The summed E-state index contributed by atoms with van der Waals surface area (Å²) in [4.78, 5) is 1.26. The lowest BCUT2D eigenvalue weighted by Crippen LogP contribution is -1.99. The van der Waals surface area contributed by atoms with E-state index < -0.39 is 0 Å². The summed E-state index contributed by atoms with van der Waals surface area (Å²) >= 11 is 13.6. The summed E-state index contributed by atoms with van der Waals surface area (Å²) in [5.41, 5.74) is 2.16. The third-order valence-corrected chi connectivity index (χ3v) is 3.69. The Bertz CT molecular complexity index is 506. The molecule has 2 rings (SSSR count). The molecule has 0 aliphatic heterocycles. The van der Waals surface area contributed by atoms with Crippen LogP contribution in [0.4, 0.5) is 5.69 Å². The van der Waals surface area contributed by atoms with Crippen LogP contribution in [0.2, 0.25) is 10.0 Å². The first-order chi connectivity index (χ1) is 8.67. The second-order valence-corrected chi connectivity index (χ2v) is 5.61. The summed E-state index contributed by atoms with van der Waals surface area (Å²) in [7, 11) is 0. The van der Waals surface area contributed by atoms with E-state index in [1.54, 1.807) is 17.8 Å². The first-order valence-corrected chi connectivity index (χ1v) is 7.48. The Labute approximate surface area is 121 Å². The fraction of sp³-hybridized carbons (Fsp3) is 0.143. The van der Waals surface area contributed by atoms with Crippen LogP contribution in [0.5, 0.6) is 0 Å². The molecular formula is C14H13Cl2NS. The molecule has 94 valence electrons. The molecule has 0 unspecified atom stereocenters. The lowest BCUT2D eigenvalue weighted by Gasteiger charge is -2.08. The molecule has 0 bridgehead atoms. The average molecular weight is 298 g/mol. The van der Waals surface area contributed by atoms with Crippen molar-refractivity contribution in [3.63, 3.8) is 0 Å². The van der Waals surface area contributed by atoms with Crippen LogP contribution in [0.1, 0.15) is 5.56 Å². The molecule has 0 heterocycles. The van der Waals surface area contributed by atoms with Crippen LogP contribution >= 0.6 is 35.0 Å². The van der Waals surface area contributed by atoms with Gasteiger partial charge in [0.1, 0.15) is 0 Å².